The number of hydrogen-bond donors (Lipinski definition) is 1. The standard InChI is InChI=1S/C28H25N3O/c32-27(18-21-11-5-2-6-12-21)30-26-19-29-24-16-15-22-13-7-8-14-23(22)28(24)31-25(26)17-20-9-3-1-4-10-20/h1-14,19,26H,15-18H2,(H,30,32). The van der Waals surface area contributed by atoms with Crippen LogP contribution in [-0.4, -0.2) is 23.9 Å². The molecular formula is C28H25N3O. The van der Waals surface area contributed by atoms with E-state index in [-0.39, 0.29) is 11.9 Å². The first kappa shape index (κ1) is 20.1. The minimum Gasteiger partial charge on any atom is -0.343 e. The third kappa shape index (κ3) is 4.45. The Balaban J connectivity index is 1.47. The first-order valence-corrected chi connectivity index (χ1v) is 11.1. The number of nitrogens with one attached hydrogen (secondary N) is 1. The summed E-state index contributed by atoms with van der Waals surface area (Å²) in [5.74, 6) is -0.0336. The normalized spacial score (nSPS) is 17.1. The van der Waals surface area contributed by atoms with Gasteiger partial charge in [-0.1, -0.05) is 84.9 Å². The van der Waals surface area contributed by atoms with E-state index in [1.165, 1.54) is 5.56 Å². The second-order valence-corrected chi connectivity index (χ2v) is 8.20. The zero-order chi connectivity index (χ0) is 21.8. The zero-order valence-electron chi connectivity index (χ0n) is 17.9. The summed E-state index contributed by atoms with van der Waals surface area (Å²) in [6.07, 6.45) is 4.67. The average molecular weight is 420 g/mol. The Morgan fingerprint density at radius 2 is 1.53 bits per heavy atom. The third-order valence-corrected chi connectivity index (χ3v) is 5.92. The van der Waals surface area contributed by atoms with Crippen LogP contribution in [-0.2, 0) is 24.1 Å². The van der Waals surface area contributed by atoms with Crippen molar-refractivity contribution in [3.63, 3.8) is 0 Å². The second kappa shape index (κ2) is 9.15. The van der Waals surface area contributed by atoms with E-state index in [4.69, 9.17) is 9.98 Å². The molecule has 0 bridgehead atoms. The van der Waals surface area contributed by atoms with Gasteiger partial charge in [-0.05, 0) is 29.5 Å². The van der Waals surface area contributed by atoms with E-state index in [0.717, 1.165) is 46.6 Å². The van der Waals surface area contributed by atoms with Crippen molar-refractivity contribution >= 4 is 23.5 Å². The molecule has 1 aliphatic heterocycles. The lowest BCUT2D eigenvalue weighted by atomic mass is 9.93. The van der Waals surface area contributed by atoms with Crippen molar-refractivity contribution < 1.29 is 4.79 Å². The highest BCUT2D eigenvalue weighted by molar-refractivity contribution is 6.09. The van der Waals surface area contributed by atoms with Crippen LogP contribution in [0.1, 0.15) is 28.7 Å². The van der Waals surface area contributed by atoms with Gasteiger partial charge in [0.1, 0.15) is 6.04 Å². The predicted octanol–water partition coefficient (Wildman–Crippen LogP) is 4.80. The lowest BCUT2D eigenvalue weighted by molar-refractivity contribution is -0.120. The van der Waals surface area contributed by atoms with Gasteiger partial charge in [0.05, 0.1) is 23.5 Å². The number of aryl methyl sites for hydroxylation is 1. The van der Waals surface area contributed by atoms with Crippen LogP contribution >= 0.6 is 0 Å². The van der Waals surface area contributed by atoms with Crippen LogP contribution in [0.15, 0.2) is 101 Å². The maximum absolute atomic E-state index is 12.9. The summed E-state index contributed by atoms with van der Waals surface area (Å²) in [5, 5.41) is 3.17. The molecule has 1 aliphatic carbocycles. The summed E-state index contributed by atoms with van der Waals surface area (Å²) in [4.78, 5) is 22.8. The molecule has 3 aromatic carbocycles. The quantitative estimate of drug-likeness (QED) is 0.635. The largest absolute Gasteiger partial charge is 0.343 e. The third-order valence-electron chi connectivity index (χ3n) is 5.92. The number of nitrogens with zero attached hydrogens (tertiary/aromatic N) is 2. The number of amides is 1. The molecule has 5 rings (SSSR count). The minimum absolute atomic E-state index is 0.0336. The molecule has 0 aromatic heterocycles. The topological polar surface area (TPSA) is 53.8 Å². The molecule has 3 aromatic rings. The molecule has 1 atom stereocenters. The van der Waals surface area contributed by atoms with Crippen LogP contribution in [0.2, 0.25) is 0 Å². The average Bonchev–Trinajstić information content (AvgIpc) is 3.00. The lowest BCUT2D eigenvalue weighted by Crippen LogP contribution is -2.43. The van der Waals surface area contributed by atoms with Gasteiger partial charge in [-0.2, -0.15) is 0 Å². The Morgan fingerprint density at radius 3 is 2.31 bits per heavy atom. The van der Waals surface area contributed by atoms with Gasteiger partial charge in [0.2, 0.25) is 5.91 Å². The molecule has 0 saturated carbocycles. The number of allylic oxidation sites excluding steroid dienone is 1. The van der Waals surface area contributed by atoms with Crippen LogP contribution in [0, 0.1) is 0 Å². The number of carbonyl (C=O) groups excluding carboxylic acids is 1. The van der Waals surface area contributed by atoms with Crippen LogP contribution in [0.25, 0.3) is 5.70 Å². The molecule has 0 radical (unpaired) electrons. The molecule has 32 heavy (non-hydrogen) atoms. The van der Waals surface area contributed by atoms with Gasteiger partial charge in [0.15, 0.2) is 0 Å². The molecule has 0 spiro atoms. The number of benzene rings is 3. The molecule has 158 valence electrons. The Labute approximate surface area is 188 Å². The maximum Gasteiger partial charge on any atom is 0.225 e. The summed E-state index contributed by atoms with van der Waals surface area (Å²) >= 11 is 0. The Bertz CT molecular complexity index is 1210. The molecule has 0 fully saturated rings. The number of aliphatic imine (C=N–C) groups is 2. The van der Waals surface area contributed by atoms with E-state index in [1.807, 2.05) is 54.7 Å². The van der Waals surface area contributed by atoms with E-state index in [0.29, 0.717) is 12.8 Å². The first-order valence-electron chi connectivity index (χ1n) is 11.1. The van der Waals surface area contributed by atoms with Crippen LogP contribution < -0.4 is 5.32 Å². The Kier molecular flexibility index (Phi) is 5.75. The summed E-state index contributed by atoms with van der Waals surface area (Å²) in [6.45, 7) is 0. The summed E-state index contributed by atoms with van der Waals surface area (Å²) in [5.41, 5.74) is 7.44. The van der Waals surface area contributed by atoms with Crippen LogP contribution in [0.4, 0.5) is 0 Å². The molecule has 1 N–H and O–H groups in total. The lowest BCUT2D eigenvalue weighted by Gasteiger charge is -2.19. The number of carbonyl (C=O) groups is 1. The minimum atomic E-state index is -0.343. The van der Waals surface area contributed by atoms with Crippen molar-refractivity contribution in [3.05, 3.63) is 113 Å². The van der Waals surface area contributed by atoms with Gasteiger partial charge < -0.3 is 5.32 Å². The highest BCUT2D eigenvalue weighted by Crippen LogP contribution is 2.34. The van der Waals surface area contributed by atoms with E-state index in [9.17, 15) is 4.79 Å². The van der Waals surface area contributed by atoms with Gasteiger partial charge in [-0.25, -0.2) is 0 Å². The van der Waals surface area contributed by atoms with Crippen LogP contribution in [0.5, 0.6) is 0 Å². The van der Waals surface area contributed by atoms with Crippen molar-refractivity contribution in [2.24, 2.45) is 9.98 Å². The van der Waals surface area contributed by atoms with Gasteiger partial charge in [0, 0.05) is 18.2 Å². The highest BCUT2D eigenvalue weighted by Gasteiger charge is 2.25. The zero-order valence-corrected chi connectivity index (χ0v) is 17.9. The molecule has 2 aliphatic rings. The van der Waals surface area contributed by atoms with E-state index < -0.39 is 0 Å². The fourth-order valence-corrected chi connectivity index (χ4v) is 4.29. The first-order chi connectivity index (χ1) is 15.8. The molecule has 1 heterocycles. The van der Waals surface area contributed by atoms with Gasteiger partial charge >= 0.3 is 0 Å². The van der Waals surface area contributed by atoms with E-state index in [2.05, 4.69) is 41.7 Å². The van der Waals surface area contributed by atoms with Gasteiger partial charge in [-0.3, -0.25) is 14.8 Å². The fourth-order valence-electron chi connectivity index (χ4n) is 4.29. The van der Waals surface area contributed by atoms with Crippen molar-refractivity contribution in [2.75, 3.05) is 0 Å². The number of rotatable bonds is 5. The summed E-state index contributed by atoms with van der Waals surface area (Å²) in [6, 6.07) is 28.1. The fraction of sp³-hybridized carbons (Fsp3) is 0.179. The van der Waals surface area contributed by atoms with Crippen LogP contribution in [0.3, 0.4) is 0 Å². The van der Waals surface area contributed by atoms with Gasteiger partial charge in [-0.15, -0.1) is 0 Å². The SMILES string of the molecule is O=C(Cc1ccccc1)NC1C=NC2=C(N=C1Cc1ccccc1)c1ccccc1CC2. The van der Waals surface area contributed by atoms with Crippen molar-refractivity contribution in [2.45, 2.75) is 31.7 Å². The number of fused-ring (bicyclic) bond motifs is 2. The molecule has 1 amide bonds. The molecule has 0 saturated heterocycles. The van der Waals surface area contributed by atoms with Crippen molar-refractivity contribution in [3.8, 4) is 0 Å². The number of hydrogen-bond acceptors (Lipinski definition) is 3. The van der Waals surface area contributed by atoms with Crippen molar-refractivity contribution in [1.82, 2.24) is 5.32 Å². The molecule has 4 nitrogen and oxygen atoms in total. The summed E-state index contributed by atoms with van der Waals surface area (Å²) in [7, 11) is 0. The molecular weight excluding hydrogens is 394 g/mol. The Morgan fingerprint density at radius 1 is 0.844 bits per heavy atom. The maximum atomic E-state index is 12.9. The van der Waals surface area contributed by atoms with Gasteiger partial charge in [0.25, 0.3) is 0 Å². The van der Waals surface area contributed by atoms with E-state index in [1.54, 1.807) is 0 Å². The smallest absolute Gasteiger partial charge is 0.225 e. The second-order valence-electron chi connectivity index (χ2n) is 8.20. The predicted molar refractivity (Wildman–Crippen MR) is 130 cm³/mol. The highest BCUT2D eigenvalue weighted by atomic mass is 16.1. The van der Waals surface area contributed by atoms with E-state index >= 15 is 0 Å². The molecule has 1 unspecified atom stereocenters. The Hall–Kier alpha value is -3.79. The monoisotopic (exact) mass is 419 g/mol. The summed E-state index contributed by atoms with van der Waals surface area (Å²) < 4.78 is 0. The van der Waals surface area contributed by atoms with Crippen molar-refractivity contribution in [1.29, 1.82) is 0 Å². The molecule has 4 heteroatoms.